The number of benzene rings is 1. The van der Waals surface area contributed by atoms with Crippen LogP contribution in [0.25, 0.3) is 0 Å². The number of ether oxygens (including phenoxy) is 1. The first-order valence-corrected chi connectivity index (χ1v) is 6.83. The van der Waals surface area contributed by atoms with Crippen molar-refractivity contribution in [3.8, 4) is 0 Å². The lowest BCUT2D eigenvalue weighted by Gasteiger charge is -2.37. The van der Waals surface area contributed by atoms with Gasteiger partial charge in [0.25, 0.3) is 0 Å². The van der Waals surface area contributed by atoms with Crippen molar-refractivity contribution in [2.24, 2.45) is 5.41 Å². The van der Waals surface area contributed by atoms with E-state index in [0.29, 0.717) is 0 Å². The maximum atomic E-state index is 13.5. The van der Waals surface area contributed by atoms with Crippen molar-refractivity contribution in [2.75, 3.05) is 13.7 Å². The van der Waals surface area contributed by atoms with Gasteiger partial charge in [-0.05, 0) is 42.1 Å². The Morgan fingerprint density at radius 1 is 1.32 bits per heavy atom. The molecule has 19 heavy (non-hydrogen) atoms. The molecule has 2 unspecified atom stereocenters. The van der Waals surface area contributed by atoms with E-state index in [9.17, 15) is 4.39 Å². The van der Waals surface area contributed by atoms with E-state index in [1.807, 2.05) is 13.0 Å². The number of nitrogens with one attached hydrogen (secondary N) is 1. The molecule has 0 fully saturated rings. The fourth-order valence-electron chi connectivity index (χ4n) is 2.54. The van der Waals surface area contributed by atoms with Gasteiger partial charge in [-0.25, -0.2) is 4.39 Å². The normalized spacial score (nSPS) is 15.3. The topological polar surface area (TPSA) is 21.3 Å². The third kappa shape index (κ3) is 4.02. The highest BCUT2D eigenvalue weighted by molar-refractivity contribution is 5.31. The Morgan fingerprint density at radius 3 is 2.42 bits per heavy atom. The Bertz CT molecular complexity index is 412. The van der Waals surface area contributed by atoms with Gasteiger partial charge < -0.3 is 10.1 Å². The van der Waals surface area contributed by atoms with Crippen LogP contribution in [0.3, 0.4) is 0 Å². The first kappa shape index (κ1) is 16.1. The molecule has 1 N–H and O–H groups in total. The summed E-state index contributed by atoms with van der Waals surface area (Å²) >= 11 is 0. The van der Waals surface area contributed by atoms with Crippen LogP contribution in [-0.2, 0) is 4.74 Å². The molecule has 0 radical (unpaired) electrons. The van der Waals surface area contributed by atoms with E-state index in [-0.39, 0.29) is 23.4 Å². The Labute approximate surface area is 116 Å². The van der Waals surface area contributed by atoms with Gasteiger partial charge in [-0.3, -0.25) is 0 Å². The zero-order valence-electron chi connectivity index (χ0n) is 12.9. The van der Waals surface area contributed by atoms with E-state index in [1.165, 1.54) is 6.07 Å². The summed E-state index contributed by atoms with van der Waals surface area (Å²) in [6.45, 7) is 11.3. The number of methoxy groups -OCH3 is 1. The van der Waals surface area contributed by atoms with Crippen LogP contribution in [0.1, 0.15) is 44.9 Å². The number of halogens is 1. The van der Waals surface area contributed by atoms with Crippen molar-refractivity contribution in [2.45, 2.75) is 46.8 Å². The van der Waals surface area contributed by atoms with Gasteiger partial charge >= 0.3 is 0 Å². The molecule has 0 saturated heterocycles. The van der Waals surface area contributed by atoms with Crippen LogP contribution in [0, 0.1) is 18.2 Å². The second-order valence-electron chi connectivity index (χ2n) is 6.06. The first-order chi connectivity index (χ1) is 8.81. The van der Waals surface area contributed by atoms with Crippen molar-refractivity contribution < 1.29 is 9.13 Å². The van der Waals surface area contributed by atoms with E-state index in [2.05, 4.69) is 33.0 Å². The van der Waals surface area contributed by atoms with E-state index < -0.39 is 0 Å². The predicted molar refractivity (Wildman–Crippen MR) is 77.8 cm³/mol. The minimum absolute atomic E-state index is 0.00861. The van der Waals surface area contributed by atoms with Crippen LogP contribution in [0.5, 0.6) is 0 Å². The maximum Gasteiger partial charge on any atom is 0.123 e. The molecule has 0 spiro atoms. The molecule has 1 aromatic rings. The van der Waals surface area contributed by atoms with Gasteiger partial charge in [0, 0.05) is 7.11 Å². The molecule has 0 aliphatic rings. The van der Waals surface area contributed by atoms with Crippen LogP contribution in [0.15, 0.2) is 18.2 Å². The van der Waals surface area contributed by atoms with Gasteiger partial charge in [0.15, 0.2) is 0 Å². The molecule has 3 heteroatoms. The van der Waals surface area contributed by atoms with Gasteiger partial charge in [0.1, 0.15) is 5.82 Å². The number of rotatable bonds is 5. The molecule has 2 nitrogen and oxygen atoms in total. The van der Waals surface area contributed by atoms with Crippen LogP contribution in [0.4, 0.5) is 4.39 Å². The van der Waals surface area contributed by atoms with Gasteiger partial charge in [0.2, 0.25) is 0 Å². The number of aryl methyl sites for hydroxylation is 1. The van der Waals surface area contributed by atoms with Crippen LogP contribution < -0.4 is 5.32 Å². The summed E-state index contributed by atoms with van der Waals surface area (Å²) in [5, 5.41) is 3.43. The van der Waals surface area contributed by atoms with Crippen LogP contribution >= 0.6 is 0 Å². The van der Waals surface area contributed by atoms with Crippen LogP contribution in [-0.4, -0.2) is 19.8 Å². The fourth-order valence-corrected chi connectivity index (χ4v) is 2.54. The molecule has 0 aliphatic heterocycles. The van der Waals surface area contributed by atoms with Crippen molar-refractivity contribution in [1.29, 1.82) is 0 Å². The van der Waals surface area contributed by atoms with E-state index in [1.54, 1.807) is 13.2 Å². The Hall–Kier alpha value is -0.930. The zero-order valence-corrected chi connectivity index (χ0v) is 12.9. The molecule has 2 atom stereocenters. The predicted octanol–water partition coefficient (Wildman–Crippen LogP) is 3.85. The lowest BCUT2D eigenvalue weighted by molar-refractivity contribution is -0.0118. The quantitative estimate of drug-likeness (QED) is 0.875. The van der Waals surface area contributed by atoms with E-state index in [0.717, 1.165) is 17.7 Å². The molecule has 1 rings (SSSR count). The SMILES string of the molecule is CCNC(c1cc(F)ccc1C)C(OC)C(C)(C)C. The summed E-state index contributed by atoms with van der Waals surface area (Å²) in [6, 6.07) is 4.93. The highest BCUT2D eigenvalue weighted by Gasteiger charge is 2.33. The maximum absolute atomic E-state index is 13.5. The summed E-state index contributed by atoms with van der Waals surface area (Å²) < 4.78 is 19.2. The summed E-state index contributed by atoms with van der Waals surface area (Å²) in [5.74, 6) is -0.202. The van der Waals surface area contributed by atoms with Crippen molar-refractivity contribution in [3.63, 3.8) is 0 Å². The lowest BCUT2D eigenvalue weighted by atomic mass is 9.81. The molecule has 1 aromatic carbocycles. The highest BCUT2D eigenvalue weighted by atomic mass is 19.1. The Kier molecular flexibility index (Phi) is 5.50. The summed E-state index contributed by atoms with van der Waals surface area (Å²) in [4.78, 5) is 0. The second-order valence-corrected chi connectivity index (χ2v) is 6.06. The molecule has 0 amide bonds. The summed E-state index contributed by atoms with van der Waals surface area (Å²) in [7, 11) is 1.72. The minimum atomic E-state index is -0.202. The fraction of sp³-hybridized carbons (Fsp3) is 0.625. The average Bonchev–Trinajstić information content (AvgIpc) is 2.30. The first-order valence-electron chi connectivity index (χ1n) is 6.83. The van der Waals surface area contributed by atoms with Gasteiger partial charge in [-0.2, -0.15) is 0 Å². The molecular formula is C16H26FNO. The third-order valence-electron chi connectivity index (χ3n) is 3.41. The molecule has 0 aromatic heterocycles. The van der Waals surface area contributed by atoms with Gasteiger partial charge in [-0.1, -0.05) is 33.8 Å². The largest absolute Gasteiger partial charge is 0.379 e. The highest BCUT2D eigenvalue weighted by Crippen LogP contribution is 2.34. The summed E-state index contributed by atoms with van der Waals surface area (Å²) in [5.41, 5.74) is 2.03. The van der Waals surface area contributed by atoms with Crippen molar-refractivity contribution in [1.82, 2.24) is 5.32 Å². The number of hydrogen-bond acceptors (Lipinski definition) is 2. The Balaban J connectivity index is 3.22. The van der Waals surface area contributed by atoms with Crippen molar-refractivity contribution in [3.05, 3.63) is 35.1 Å². The molecule has 0 saturated carbocycles. The standard InChI is InChI=1S/C16H26FNO/c1-7-18-14(15(19-6)16(3,4)5)13-10-12(17)9-8-11(13)2/h8-10,14-15,18H,7H2,1-6H3. The third-order valence-corrected chi connectivity index (χ3v) is 3.41. The number of hydrogen-bond donors (Lipinski definition) is 1. The van der Waals surface area contributed by atoms with E-state index >= 15 is 0 Å². The molecular weight excluding hydrogens is 241 g/mol. The van der Waals surface area contributed by atoms with Crippen LogP contribution in [0.2, 0.25) is 0 Å². The van der Waals surface area contributed by atoms with Gasteiger partial charge in [-0.15, -0.1) is 0 Å². The van der Waals surface area contributed by atoms with Gasteiger partial charge in [0.05, 0.1) is 12.1 Å². The molecule has 0 bridgehead atoms. The minimum Gasteiger partial charge on any atom is -0.379 e. The van der Waals surface area contributed by atoms with E-state index in [4.69, 9.17) is 4.74 Å². The second kappa shape index (κ2) is 6.49. The Morgan fingerprint density at radius 2 is 1.95 bits per heavy atom. The van der Waals surface area contributed by atoms with Crippen molar-refractivity contribution >= 4 is 0 Å². The molecule has 0 heterocycles. The molecule has 108 valence electrons. The zero-order chi connectivity index (χ0) is 14.6. The molecule has 0 aliphatic carbocycles. The monoisotopic (exact) mass is 267 g/mol. The number of likely N-dealkylation sites (N-methyl/N-ethyl adjacent to an activating group) is 1. The average molecular weight is 267 g/mol. The smallest absolute Gasteiger partial charge is 0.123 e. The lowest BCUT2D eigenvalue weighted by Crippen LogP contribution is -2.41. The summed E-state index contributed by atoms with van der Waals surface area (Å²) in [6.07, 6.45) is -0.0204.